The normalized spacial score (nSPS) is 12.9. The summed E-state index contributed by atoms with van der Waals surface area (Å²) in [7, 11) is 0. The van der Waals surface area contributed by atoms with Crippen LogP contribution in [-0.2, 0) is 13.0 Å². The third-order valence-corrected chi connectivity index (χ3v) is 3.81. The molecule has 5 heteroatoms. The first-order chi connectivity index (χ1) is 9.63. The monoisotopic (exact) mass is 333 g/mol. The van der Waals surface area contributed by atoms with Crippen molar-refractivity contribution in [3.63, 3.8) is 0 Å². The van der Waals surface area contributed by atoms with Crippen LogP contribution in [0.15, 0.2) is 22.8 Å². The van der Waals surface area contributed by atoms with Gasteiger partial charge in [-0.2, -0.15) is 0 Å². The van der Waals surface area contributed by atoms with Crippen LogP contribution in [-0.4, -0.2) is 16.6 Å². The van der Waals surface area contributed by atoms with E-state index in [1.54, 1.807) is 6.20 Å². The number of ether oxygens (including phenoxy) is 1. The highest BCUT2D eigenvalue weighted by Gasteiger charge is 2.17. The number of benzene rings is 1. The molecule has 2 aromatic rings. The number of rotatable bonds is 3. The minimum atomic E-state index is 0.681. The third kappa shape index (κ3) is 2.63. The Morgan fingerprint density at radius 2 is 2.20 bits per heavy atom. The van der Waals surface area contributed by atoms with Gasteiger partial charge in [0.05, 0.1) is 18.0 Å². The van der Waals surface area contributed by atoms with E-state index in [9.17, 15) is 0 Å². The van der Waals surface area contributed by atoms with Crippen LogP contribution in [0.25, 0.3) is 0 Å². The van der Waals surface area contributed by atoms with Crippen molar-refractivity contribution in [1.29, 1.82) is 0 Å². The van der Waals surface area contributed by atoms with Gasteiger partial charge in [0, 0.05) is 29.2 Å². The zero-order valence-corrected chi connectivity index (χ0v) is 13.1. The van der Waals surface area contributed by atoms with Crippen LogP contribution in [0.4, 0.5) is 5.82 Å². The Morgan fingerprint density at radius 1 is 1.35 bits per heavy atom. The summed E-state index contributed by atoms with van der Waals surface area (Å²) in [6.45, 7) is 5.34. The molecule has 1 aliphatic heterocycles. The minimum absolute atomic E-state index is 0.681. The molecule has 104 valence electrons. The number of nitrogens with one attached hydrogen (secondary N) is 1. The molecular weight excluding hydrogens is 318 g/mol. The van der Waals surface area contributed by atoms with Gasteiger partial charge in [-0.15, -0.1) is 0 Å². The molecule has 1 aliphatic rings. The molecule has 3 rings (SSSR count). The quantitative estimate of drug-likeness (QED) is 0.935. The van der Waals surface area contributed by atoms with E-state index in [2.05, 4.69) is 43.3 Å². The maximum Gasteiger partial charge on any atom is 0.148 e. The number of nitrogens with zero attached hydrogens (tertiary/aromatic N) is 2. The Morgan fingerprint density at radius 3 is 3.05 bits per heavy atom. The van der Waals surface area contributed by atoms with E-state index >= 15 is 0 Å². The summed E-state index contributed by atoms with van der Waals surface area (Å²) in [4.78, 5) is 8.79. The highest BCUT2D eigenvalue weighted by atomic mass is 79.9. The van der Waals surface area contributed by atoms with Crippen molar-refractivity contribution < 1.29 is 4.74 Å². The summed E-state index contributed by atoms with van der Waals surface area (Å²) in [6.07, 6.45) is 2.76. The second-order valence-corrected chi connectivity index (χ2v) is 5.87. The molecule has 0 aliphatic carbocycles. The number of aromatic nitrogens is 2. The molecule has 0 bridgehead atoms. The Kier molecular flexibility index (Phi) is 3.61. The predicted octanol–water partition coefficient (Wildman–Crippen LogP) is 3.40. The van der Waals surface area contributed by atoms with Crippen LogP contribution >= 0.6 is 15.9 Å². The molecule has 0 saturated heterocycles. The smallest absolute Gasteiger partial charge is 0.148 e. The van der Waals surface area contributed by atoms with E-state index < -0.39 is 0 Å². The lowest BCUT2D eigenvalue weighted by molar-refractivity contribution is 0.354. The number of aryl methyl sites for hydroxylation is 2. The van der Waals surface area contributed by atoms with Crippen molar-refractivity contribution in [3.05, 3.63) is 45.3 Å². The lowest BCUT2D eigenvalue weighted by atomic mass is 10.1. The van der Waals surface area contributed by atoms with Crippen LogP contribution in [0.1, 0.15) is 22.5 Å². The molecule has 0 spiro atoms. The van der Waals surface area contributed by atoms with Gasteiger partial charge in [0.1, 0.15) is 11.6 Å². The molecule has 1 N–H and O–H groups in total. The first kappa shape index (κ1) is 13.4. The fourth-order valence-corrected chi connectivity index (χ4v) is 2.91. The average molecular weight is 334 g/mol. The molecule has 0 fully saturated rings. The number of fused-ring (bicyclic) bond motifs is 1. The zero-order valence-electron chi connectivity index (χ0n) is 11.5. The maximum atomic E-state index is 5.73. The second kappa shape index (κ2) is 5.40. The fraction of sp³-hybridized carbons (Fsp3) is 0.333. The SMILES string of the molecule is Cc1cnc(C)c(NCc2cc(Br)cc3c2OCC3)n1. The first-order valence-corrected chi connectivity index (χ1v) is 7.41. The first-order valence-electron chi connectivity index (χ1n) is 6.61. The lowest BCUT2D eigenvalue weighted by Gasteiger charge is -2.12. The van der Waals surface area contributed by atoms with Crippen molar-refractivity contribution >= 4 is 21.7 Å². The van der Waals surface area contributed by atoms with Gasteiger partial charge in [-0.3, -0.25) is 4.98 Å². The minimum Gasteiger partial charge on any atom is -0.493 e. The Bertz CT molecular complexity index is 658. The van der Waals surface area contributed by atoms with E-state index in [-0.39, 0.29) is 0 Å². The lowest BCUT2D eigenvalue weighted by Crippen LogP contribution is -2.06. The number of anilines is 1. The van der Waals surface area contributed by atoms with Crippen LogP contribution < -0.4 is 10.1 Å². The van der Waals surface area contributed by atoms with E-state index in [0.29, 0.717) is 6.54 Å². The molecular formula is C15H16BrN3O. The molecule has 0 unspecified atom stereocenters. The maximum absolute atomic E-state index is 5.73. The van der Waals surface area contributed by atoms with E-state index in [1.807, 2.05) is 13.8 Å². The van der Waals surface area contributed by atoms with Crippen LogP contribution in [0.3, 0.4) is 0 Å². The van der Waals surface area contributed by atoms with E-state index in [1.165, 1.54) is 5.56 Å². The van der Waals surface area contributed by atoms with Gasteiger partial charge in [0.25, 0.3) is 0 Å². The summed E-state index contributed by atoms with van der Waals surface area (Å²) < 4.78 is 6.82. The van der Waals surface area contributed by atoms with Crippen molar-refractivity contribution in [1.82, 2.24) is 9.97 Å². The topological polar surface area (TPSA) is 47.0 Å². The van der Waals surface area contributed by atoms with E-state index in [4.69, 9.17) is 4.74 Å². The van der Waals surface area contributed by atoms with Gasteiger partial charge >= 0.3 is 0 Å². The molecule has 0 amide bonds. The summed E-state index contributed by atoms with van der Waals surface area (Å²) in [5, 5.41) is 3.35. The molecule has 1 aromatic carbocycles. The van der Waals surface area contributed by atoms with Gasteiger partial charge in [-0.05, 0) is 31.5 Å². The number of hydrogen-bond donors (Lipinski definition) is 1. The van der Waals surface area contributed by atoms with Crippen LogP contribution in [0.5, 0.6) is 5.75 Å². The summed E-state index contributed by atoms with van der Waals surface area (Å²) >= 11 is 3.56. The van der Waals surface area contributed by atoms with Crippen LogP contribution in [0.2, 0.25) is 0 Å². The third-order valence-electron chi connectivity index (χ3n) is 3.35. The van der Waals surface area contributed by atoms with Gasteiger partial charge in [-0.25, -0.2) is 4.98 Å². The van der Waals surface area contributed by atoms with Gasteiger partial charge in [0.2, 0.25) is 0 Å². The average Bonchev–Trinajstić information content (AvgIpc) is 2.87. The number of hydrogen-bond acceptors (Lipinski definition) is 4. The predicted molar refractivity (Wildman–Crippen MR) is 82.2 cm³/mol. The molecule has 1 aromatic heterocycles. The molecule has 20 heavy (non-hydrogen) atoms. The molecule has 0 saturated carbocycles. The largest absolute Gasteiger partial charge is 0.493 e. The van der Waals surface area contributed by atoms with Gasteiger partial charge < -0.3 is 10.1 Å². The van der Waals surface area contributed by atoms with Crippen molar-refractivity contribution in [2.45, 2.75) is 26.8 Å². The van der Waals surface area contributed by atoms with E-state index in [0.717, 1.165) is 46.0 Å². The Labute approximate surface area is 126 Å². The van der Waals surface area contributed by atoms with Gasteiger partial charge in [0.15, 0.2) is 0 Å². The molecule has 0 radical (unpaired) electrons. The van der Waals surface area contributed by atoms with Crippen molar-refractivity contribution in [3.8, 4) is 5.75 Å². The summed E-state index contributed by atoms with van der Waals surface area (Å²) in [5.74, 6) is 1.84. The number of halogens is 1. The highest BCUT2D eigenvalue weighted by Crippen LogP contribution is 2.33. The summed E-state index contributed by atoms with van der Waals surface area (Å²) in [5.41, 5.74) is 4.23. The summed E-state index contributed by atoms with van der Waals surface area (Å²) in [6, 6.07) is 4.22. The van der Waals surface area contributed by atoms with Crippen molar-refractivity contribution in [2.24, 2.45) is 0 Å². The Balaban J connectivity index is 1.84. The molecule has 2 heterocycles. The standard InChI is InChI=1S/C15H16BrN3O/c1-9-7-17-10(2)15(19-9)18-8-12-6-13(16)5-11-3-4-20-14(11)12/h5-7H,3-4,8H2,1-2H3,(H,18,19). The Hall–Kier alpha value is -1.62. The van der Waals surface area contributed by atoms with Crippen molar-refractivity contribution in [2.75, 3.05) is 11.9 Å². The molecule has 4 nitrogen and oxygen atoms in total. The molecule has 0 atom stereocenters. The highest BCUT2D eigenvalue weighted by molar-refractivity contribution is 9.10. The van der Waals surface area contributed by atoms with Gasteiger partial charge in [-0.1, -0.05) is 15.9 Å². The zero-order chi connectivity index (χ0) is 14.1. The fourth-order valence-electron chi connectivity index (χ4n) is 2.36. The second-order valence-electron chi connectivity index (χ2n) is 4.95. The van der Waals surface area contributed by atoms with Crippen LogP contribution in [0, 0.1) is 13.8 Å².